The molecule has 2 unspecified atom stereocenters. The molecular formula is C14H26N2O4. The SMILES string of the molecule is COCC(C)(C)NC(=O)NCC1CCCCC1C(=O)O. The molecule has 1 aliphatic rings. The van der Waals surface area contributed by atoms with E-state index in [0.29, 0.717) is 19.6 Å². The fourth-order valence-corrected chi connectivity index (χ4v) is 2.75. The number of rotatable bonds is 6. The Balaban J connectivity index is 2.41. The molecule has 2 atom stereocenters. The molecule has 3 N–H and O–H groups in total. The average Bonchev–Trinajstić information content (AvgIpc) is 2.35. The molecule has 6 heteroatoms. The third-order valence-corrected chi connectivity index (χ3v) is 3.71. The molecule has 1 fully saturated rings. The van der Waals surface area contributed by atoms with Crippen molar-refractivity contribution in [1.82, 2.24) is 10.6 Å². The van der Waals surface area contributed by atoms with Gasteiger partial charge in [-0.1, -0.05) is 12.8 Å². The van der Waals surface area contributed by atoms with Crippen molar-refractivity contribution in [2.24, 2.45) is 11.8 Å². The fourth-order valence-electron chi connectivity index (χ4n) is 2.75. The van der Waals surface area contributed by atoms with E-state index in [0.717, 1.165) is 19.3 Å². The van der Waals surface area contributed by atoms with Crippen molar-refractivity contribution in [3.05, 3.63) is 0 Å². The van der Waals surface area contributed by atoms with Gasteiger partial charge in [0.15, 0.2) is 0 Å². The van der Waals surface area contributed by atoms with E-state index in [-0.39, 0.29) is 17.9 Å². The van der Waals surface area contributed by atoms with Gasteiger partial charge >= 0.3 is 12.0 Å². The van der Waals surface area contributed by atoms with Crippen LogP contribution in [0.2, 0.25) is 0 Å². The monoisotopic (exact) mass is 286 g/mol. The van der Waals surface area contributed by atoms with E-state index in [2.05, 4.69) is 10.6 Å². The molecule has 2 amide bonds. The van der Waals surface area contributed by atoms with Crippen LogP contribution in [0.4, 0.5) is 4.79 Å². The Kier molecular flexibility index (Phi) is 6.26. The van der Waals surface area contributed by atoms with Gasteiger partial charge in [-0.2, -0.15) is 0 Å². The van der Waals surface area contributed by atoms with Gasteiger partial charge in [-0.15, -0.1) is 0 Å². The quantitative estimate of drug-likeness (QED) is 0.692. The number of aliphatic carboxylic acids is 1. The van der Waals surface area contributed by atoms with E-state index < -0.39 is 11.5 Å². The lowest BCUT2D eigenvalue weighted by Crippen LogP contribution is -2.52. The molecule has 1 saturated carbocycles. The van der Waals surface area contributed by atoms with Crippen molar-refractivity contribution >= 4 is 12.0 Å². The second-order valence-electron chi connectivity index (χ2n) is 6.14. The Labute approximate surface area is 120 Å². The van der Waals surface area contributed by atoms with Crippen LogP contribution in [0.15, 0.2) is 0 Å². The molecule has 0 radical (unpaired) electrons. The van der Waals surface area contributed by atoms with Crippen molar-refractivity contribution in [3.63, 3.8) is 0 Å². The maximum atomic E-state index is 11.8. The Morgan fingerprint density at radius 2 is 1.95 bits per heavy atom. The molecule has 0 aliphatic heterocycles. The van der Waals surface area contributed by atoms with E-state index in [1.54, 1.807) is 7.11 Å². The zero-order valence-corrected chi connectivity index (χ0v) is 12.6. The Morgan fingerprint density at radius 1 is 1.30 bits per heavy atom. The third kappa shape index (κ3) is 5.36. The maximum Gasteiger partial charge on any atom is 0.315 e. The number of urea groups is 1. The van der Waals surface area contributed by atoms with Crippen molar-refractivity contribution in [2.75, 3.05) is 20.3 Å². The molecule has 6 nitrogen and oxygen atoms in total. The zero-order chi connectivity index (χ0) is 15.2. The molecule has 20 heavy (non-hydrogen) atoms. The summed E-state index contributed by atoms with van der Waals surface area (Å²) in [6.07, 6.45) is 3.56. The van der Waals surface area contributed by atoms with E-state index in [1.165, 1.54) is 0 Å². The molecule has 0 spiro atoms. The molecule has 0 saturated heterocycles. The number of hydrogen-bond donors (Lipinski definition) is 3. The Bertz CT molecular complexity index is 344. The van der Waals surface area contributed by atoms with Gasteiger partial charge in [0.25, 0.3) is 0 Å². The molecule has 1 rings (SSSR count). The zero-order valence-electron chi connectivity index (χ0n) is 12.6. The second kappa shape index (κ2) is 7.47. The molecule has 1 aliphatic carbocycles. The lowest BCUT2D eigenvalue weighted by atomic mass is 9.79. The van der Waals surface area contributed by atoms with Crippen molar-refractivity contribution in [2.45, 2.75) is 45.1 Å². The number of carbonyl (C=O) groups is 2. The van der Waals surface area contributed by atoms with Crippen LogP contribution in [0, 0.1) is 11.8 Å². The van der Waals surface area contributed by atoms with Crippen molar-refractivity contribution in [1.29, 1.82) is 0 Å². The summed E-state index contributed by atoms with van der Waals surface area (Å²) in [5.41, 5.74) is -0.447. The summed E-state index contributed by atoms with van der Waals surface area (Å²) < 4.78 is 5.03. The summed E-state index contributed by atoms with van der Waals surface area (Å²) in [5.74, 6) is -1.06. The predicted molar refractivity (Wildman–Crippen MR) is 75.6 cm³/mol. The van der Waals surface area contributed by atoms with Crippen LogP contribution in [-0.4, -0.2) is 42.9 Å². The number of carboxylic acids is 1. The van der Waals surface area contributed by atoms with Crippen LogP contribution < -0.4 is 10.6 Å². The molecule has 0 aromatic carbocycles. The summed E-state index contributed by atoms with van der Waals surface area (Å²) in [7, 11) is 1.58. The normalized spacial score (nSPS) is 23.1. The van der Waals surface area contributed by atoms with Gasteiger partial charge in [-0.25, -0.2) is 4.79 Å². The highest BCUT2D eigenvalue weighted by Gasteiger charge is 2.31. The first-order chi connectivity index (χ1) is 9.35. The van der Waals surface area contributed by atoms with Gasteiger partial charge in [0, 0.05) is 13.7 Å². The molecule has 0 aromatic heterocycles. The lowest BCUT2D eigenvalue weighted by Gasteiger charge is -2.30. The minimum atomic E-state index is -0.753. The number of amides is 2. The minimum absolute atomic E-state index is 0.0255. The summed E-state index contributed by atoms with van der Waals surface area (Å²) in [5, 5.41) is 14.8. The van der Waals surface area contributed by atoms with Gasteiger partial charge < -0.3 is 20.5 Å². The lowest BCUT2D eigenvalue weighted by molar-refractivity contribution is -0.144. The first kappa shape index (κ1) is 16.8. The van der Waals surface area contributed by atoms with Crippen LogP contribution in [-0.2, 0) is 9.53 Å². The molecule has 116 valence electrons. The fraction of sp³-hybridized carbons (Fsp3) is 0.857. The van der Waals surface area contributed by atoms with Gasteiger partial charge in [-0.3, -0.25) is 4.79 Å². The van der Waals surface area contributed by atoms with Crippen LogP contribution in [0.5, 0.6) is 0 Å². The summed E-state index contributed by atoms with van der Waals surface area (Å²) in [6, 6.07) is -0.276. The largest absolute Gasteiger partial charge is 0.481 e. The molecular weight excluding hydrogens is 260 g/mol. The molecule has 0 aromatic rings. The first-order valence-electron chi connectivity index (χ1n) is 7.13. The number of hydrogen-bond acceptors (Lipinski definition) is 3. The molecule has 0 bridgehead atoms. The summed E-state index contributed by atoms with van der Waals surface area (Å²) >= 11 is 0. The van der Waals surface area contributed by atoms with Gasteiger partial charge in [0.2, 0.25) is 0 Å². The number of ether oxygens (including phenoxy) is 1. The first-order valence-corrected chi connectivity index (χ1v) is 7.13. The summed E-state index contributed by atoms with van der Waals surface area (Å²) in [6.45, 7) is 4.57. The van der Waals surface area contributed by atoms with Crippen LogP contribution in [0.25, 0.3) is 0 Å². The van der Waals surface area contributed by atoms with Crippen LogP contribution in [0.3, 0.4) is 0 Å². The van der Waals surface area contributed by atoms with Gasteiger partial charge in [-0.05, 0) is 32.6 Å². The highest BCUT2D eigenvalue weighted by molar-refractivity contribution is 5.75. The standard InChI is InChI=1S/C14H26N2O4/c1-14(2,9-20-3)16-13(19)15-8-10-6-4-5-7-11(10)12(17)18/h10-11H,4-9H2,1-3H3,(H,17,18)(H2,15,16,19). The maximum absolute atomic E-state index is 11.8. The smallest absolute Gasteiger partial charge is 0.315 e. The van der Waals surface area contributed by atoms with E-state index in [1.807, 2.05) is 13.8 Å². The average molecular weight is 286 g/mol. The number of carbonyl (C=O) groups excluding carboxylic acids is 1. The van der Waals surface area contributed by atoms with Crippen LogP contribution in [0.1, 0.15) is 39.5 Å². The van der Waals surface area contributed by atoms with E-state index in [9.17, 15) is 14.7 Å². The minimum Gasteiger partial charge on any atom is -0.481 e. The van der Waals surface area contributed by atoms with E-state index in [4.69, 9.17) is 4.74 Å². The molecule has 0 heterocycles. The predicted octanol–water partition coefficient (Wildman–Crippen LogP) is 1.60. The van der Waals surface area contributed by atoms with Crippen molar-refractivity contribution in [3.8, 4) is 0 Å². The second-order valence-corrected chi connectivity index (χ2v) is 6.14. The number of methoxy groups -OCH3 is 1. The van der Waals surface area contributed by atoms with Crippen LogP contribution >= 0.6 is 0 Å². The van der Waals surface area contributed by atoms with Gasteiger partial charge in [0.1, 0.15) is 0 Å². The Morgan fingerprint density at radius 3 is 2.55 bits per heavy atom. The number of carboxylic acid groups (broad SMARTS) is 1. The topological polar surface area (TPSA) is 87.7 Å². The van der Waals surface area contributed by atoms with Gasteiger partial charge in [0.05, 0.1) is 18.1 Å². The third-order valence-electron chi connectivity index (χ3n) is 3.71. The van der Waals surface area contributed by atoms with Crippen molar-refractivity contribution < 1.29 is 19.4 Å². The van der Waals surface area contributed by atoms with E-state index >= 15 is 0 Å². The highest BCUT2D eigenvalue weighted by Crippen LogP contribution is 2.29. The highest BCUT2D eigenvalue weighted by atomic mass is 16.5. The number of nitrogens with one attached hydrogen (secondary N) is 2. The summed E-state index contributed by atoms with van der Waals surface area (Å²) in [4.78, 5) is 23.0. The Hall–Kier alpha value is -1.30.